The Hall–Kier alpha value is -3.94. The van der Waals surface area contributed by atoms with Crippen LogP contribution in [0.2, 0.25) is 5.02 Å². The van der Waals surface area contributed by atoms with Gasteiger partial charge in [-0.1, -0.05) is 54.1 Å². The lowest BCUT2D eigenvalue weighted by molar-refractivity contribution is -0.126. The van der Waals surface area contributed by atoms with Gasteiger partial charge in [0.2, 0.25) is 5.91 Å². The highest BCUT2D eigenvalue weighted by Crippen LogP contribution is 2.41. The lowest BCUT2D eigenvalue weighted by Crippen LogP contribution is -2.39. The minimum Gasteiger partial charge on any atom is -0.478 e. The van der Waals surface area contributed by atoms with Crippen LogP contribution in [0, 0.1) is 5.92 Å². The summed E-state index contributed by atoms with van der Waals surface area (Å²) in [5.74, 6) is -2.74. The maximum atomic E-state index is 13.5. The number of rotatable bonds is 5. The number of hydrogen-bond acceptors (Lipinski definition) is 5. The first-order chi connectivity index (χ1) is 16.4. The third kappa shape index (κ3) is 3.85. The van der Waals surface area contributed by atoms with Gasteiger partial charge in [0.05, 0.1) is 23.0 Å². The van der Waals surface area contributed by atoms with E-state index < -0.39 is 35.8 Å². The number of amides is 2. The van der Waals surface area contributed by atoms with E-state index in [9.17, 15) is 14.4 Å². The maximum Gasteiger partial charge on any atom is 0.335 e. The molecule has 7 nitrogen and oxygen atoms in total. The fraction of sp³-hybridized carbons (Fsp3) is 0.115. The Balaban J connectivity index is 1.49. The highest BCUT2D eigenvalue weighted by Gasteiger charge is 2.59. The molecule has 3 aromatic rings. The van der Waals surface area contributed by atoms with Gasteiger partial charge in [-0.3, -0.25) is 14.4 Å². The Labute approximate surface area is 200 Å². The Kier molecular flexibility index (Phi) is 5.65. The minimum atomic E-state index is -1.09. The molecule has 0 saturated carbocycles. The van der Waals surface area contributed by atoms with Gasteiger partial charge in [-0.25, -0.2) is 14.8 Å². The molecule has 8 heteroatoms. The zero-order valence-electron chi connectivity index (χ0n) is 17.7. The van der Waals surface area contributed by atoms with Crippen molar-refractivity contribution in [1.29, 1.82) is 0 Å². The molecule has 2 aliphatic rings. The summed E-state index contributed by atoms with van der Waals surface area (Å²) in [7, 11) is 0. The first kappa shape index (κ1) is 21.9. The van der Waals surface area contributed by atoms with Gasteiger partial charge in [0, 0.05) is 5.02 Å². The van der Waals surface area contributed by atoms with Crippen molar-refractivity contribution in [3.05, 3.63) is 101 Å². The summed E-state index contributed by atoms with van der Waals surface area (Å²) >= 11 is 5.98. The third-order valence-corrected chi connectivity index (χ3v) is 6.15. The summed E-state index contributed by atoms with van der Waals surface area (Å²) in [6.07, 6.45) is 2.72. The lowest BCUT2D eigenvalue weighted by atomic mass is 9.95. The summed E-state index contributed by atoms with van der Waals surface area (Å²) in [5.41, 5.74) is 1.99. The van der Waals surface area contributed by atoms with Gasteiger partial charge in [0.1, 0.15) is 5.92 Å². The molecule has 2 fully saturated rings. The predicted octanol–water partition coefficient (Wildman–Crippen LogP) is 4.43. The van der Waals surface area contributed by atoms with Crippen LogP contribution < -0.4 is 9.96 Å². The number of hydrogen-bond donors (Lipinski definition) is 1. The molecule has 0 aromatic heterocycles. The number of fused-ring (bicyclic) bond motifs is 1. The van der Waals surface area contributed by atoms with Crippen LogP contribution in [0.5, 0.6) is 0 Å². The zero-order chi connectivity index (χ0) is 23.8. The number of nitrogens with zero attached hydrogens (tertiary/aromatic N) is 2. The largest absolute Gasteiger partial charge is 0.478 e. The molecule has 2 aliphatic heterocycles. The van der Waals surface area contributed by atoms with Gasteiger partial charge in [0.25, 0.3) is 5.91 Å². The van der Waals surface area contributed by atoms with Crippen LogP contribution in [0.4, 0.5) is 11.4 Å². The molecular formula is C26H19ClN2O5. The molecule has 1 N–H and O–H groups in total. The number of benzene rings is 3. The second-order valence-electron chi connectivity index (χ2n) is 7.98. The standard InChI is InChI=1S/C26H19ClN2O5/c27-18-11-6-16(7-12-18)8-15-21-22-23(34-29(21)20-4-2-1-3-5-20)25(31)28(24(22)30)19-13-9-17(10-14-19)26(32)33/h1-15,21-23H,(H,32,33)/b15-8+. The number of imide groups is 1. The van der Waals surface area contributed by atoms with E-state index in [1.165, 1.54) is 24.3 Å². The summed E-state index contributed by atoms with van der Waals surface area (Å²) in [6, 6.07) is 21.6. The lowest BCUT2D eigenvalue weighted by Gasteiger charge is -2.26. The molecule has 3 aromatic carbocycles. The van der Waals surface area contributed by atoms with E-state index in [4.69, 9.17) is 21.5 Å². The number of carbonyl (C=O) groups is 3. The molecule has 3 unspecified atom stereocenters. The first-order valence-electron chi connectivity index (χ1n) is 10.6. The summed E-state index contributed by atoms with van der Waals surface area (Å²) in [5, 5.41) is 11.3. The van der Waals surface area contributed by atoms with E-state index in [0.717, 1.165) is 16.2 Å². The minimum absolute atomic E-state index is 0.0679. The van der Waals surface area contributed by atoms with Crippen molar-refractivity contribution in [2.75, 3.05) is 9.96 Å². The van der Waals surface area contributed by atoms with E-state index in [1.807, 2.05) is 54.6 Å². The first-order valence-corrected chi connectivity index (χ1v) is 11.0. The molecule has 0 spiro atoms. The third-order valence-electron chi connectivity index (χ3n) is 5.90. The number of aromatic carboxylic acids is 1. The number of halogens is 1. The van der Waals surface area contributed by atoms with Gasteiger partial charge in [-0.15, -0.1) is 0 Å². The molecule has 170 valence electrons. The summed E-state index contributed by atoms with van der Waals surface area (Å²) in [4.78, 5) is 45.0. The monoisotopic (exact) mass is 474 g/mol. The van der Waals surface area contributed by atoms with Gasteiger partial charge >= 0.3 is 5.97 Å². The average Bonchev–Trinajstić information content (AvgIpc) is 3.34. The van der Waals surface area contributed by atoms with E-state index in [-0.39, 0.29) is 5.56 Å². The number of carboxylic acids is 1. The molecule has 3 atom stereocenters. The van der Waals surface area contributed by atoms with E-state index in [0.29, 0.717) is 10.7 Å². The van der Waals surface area contributed by atoms with Crippen LogP contribution in [0.15, 0.2) is 84.9 Å². The Morgan fingerprint density at radius 2 is 1.56 bits per heavy atom. The van der Waals surface area contributed by atoms with Crippen molar-refractivity contribution in [2.24, 2.45) is 5.92 Å². The van der Waals surface area contributed by atoms with Crippen LogP contribution in [0.25, 0.3) is 6.08 Å². The second-order valence-corrected chi connectivity index (χ2v) is 8.41. The topological polar surface area (TPSA) is 87.2 Å². The molecule has 2 heterocycles. The van der Waals surface area contributed by atoms with Crippen molar-refractivity contribution in [3.8, 4) is 0 Å². The van der Waals surface area contributed by atoms with Crippen LogP contribution in [-0.2, 0) is 14.4 Å². The average molecular weight is 475 g/mol. The Bertz CT molecular complexity index is 1270. The van der Waals surface area contributed by atoms with Crippen molar-refractivity contribution in [1.82, 2.24) is 0 Å². The zero-order valence-corrected chi connectivity index (χ0v) is 18.5. The van der Waals surface area contributed by atoms with E-state index in [2.05, 4.69) is 0 Å². The number of carbonyl (C=O) groups excluding carboxylic acids is 2. The van der Waals surface area contributed by atoms with E-state index in [1.54, 1.807) is 17.2 Å². The normalized spacial score (nSPS) is 22.0. The Morgan fingerprint density at radius 1 is 0.882 bits per heavy atom. The van der Waals surface area contributed by atoms with Crippen molar-refractivity contribution in [2.45, 2.75) is 12.1 Å². The van der Waals surface area contributed by atoms with Crippen LogP contribution in [-0.4, -0.2) is 35.0 Å². The highest BCUT2D eigenvalue weighted by molar-refractivity contribution is 6.30. The molecule has 0 aliphatic carbocycles. The van der Waals surface area contributed by atoms with Gasteiger partial charge in [0.15, 0.2) is 6.10 Å². The van der Waals surface area contributed by atoms with Crippen LogP contribution in [0.1, 0.15) is 15.9 Å². The van der Waals surface area contributed by atoms with Crippen molar-refractivity contribution < 1.29 is 24.3 Å². The SMILES string of the molecule is O=C(O)c1ccc(N2C(=O)C3ON(c4ccccc4)C(/C=C/c4ccc(Cl)cc4)C3C2=O)cc1. The molecule has 0 bridgehead atoms. The van der Waals surface area contributed by atoms with Gasteiger partial charge in [-0.05, 0) is 54.1 Å². The van der Waals surface area contributed by atoms with Crippen LogP contribution in [0.3, 0.4) is 0 Å². The summed E-state index contributed by atoms with van der Waals surface area (Å²) < 4.78 is 0. The number of anilines is 2. The fourth-order valence-electron chi connectivity index (χ4n) is 4.24. The van der Waals surface area contributed by atoms with Gasteiger partial charge in [-0.2, -0.15) is 0 Å². The Morgan fingerprint density at radius 3 is 2.21 bits per heavy atom. The number of carboxylic acid groups (broad SMARTS) is 1. The smallest absolute Gasteiger partial charge is 0.335 e. The molecule has 34 heavy (non-hydrogen) atoms. The van der Waals surface area contributed by atoms with Crippen molar-refractivity contribution >= 4 is 46.8 Å². The molecule has 5 rings (SSSR count). The number of para-hydroxylation sites is 1. The van der Waals surface area contributed by atoms with Crippen LogP contribution >= 0.6 is 11.6 Å². The van der Waals surface area contributed by atoms with Gasteiger partial charge < -0.3 is 5.11 Å². The molecule has 2 saturated heterocycles. The summed E-state index contributed by atoms with van der Waals surface area (Å²) in [6.45, 7) is 0. The number of hydroxylamine groups is 1. The van der Waals surface area contributed by atoms with Crippen molar-refractivity contribution in [3.63, 3.8) is 0 Å². The maximum absolute atomic E-state index is 13.5. The quantitative estimate of drug-likeness (QED) is 0.550. The molecule has 2 amide bonds. The molecular weight excluding hydrogens is 456 g/mol. The fourth-order valence-corrected chi connectivity index (χ4v) is 4.37. The van der Waals surface area contributed by atoms with E-state index >= 15 is 0 Å². The predicted molar refractivity (Wildman–Crippen MR) is 127 cm³/mol. The highest BCUT2D eigenvalue weighted by atomic mass is 35.5. The second kappa shape index (κ2) is 8.78. The molecule has 0 radical (unpaired) electrons.